The zero-order valence-corrected chi connectivity index (χ0v) is 12.8. The van der Waals surface area contributed by atoms with Crippen LogP contribution >= 0.6 is 0 Å². The number of imidazole rings is 1. The molecule has 0 aliphatic rings. The molecule has 0 bridgehead atoms. The smallest absolute Gasteiger partial charge is 0.269 e. The second-order valence-electron chi connectivity index (χ2n) is 5.36. The molecule has 0 unspecified atom stereocenters. The molecule has 0 saturated heterocycles. The Morgan fingerprint density at radius 2 is 1.78 bits per heavy atom. The normalized spacial score (nSPS) is 10.5. The fourth-order valence-electron chi connectivity index (χ4n) is 2.40. The van der Waals surface area contributed by atoms with E-state index in [1.807, 2.05) is 26.0 Å². The third kappa shape index (κ3) is 3.06. The highest BCUT2D eigenvalue weighted by atomic mass is 16.2. The lowest BCUT2D eigenvalue weighted by atomic mass is 10.1. The lowest BCUT2D eigenvalue weighted by Gasteiger charge is -2.09. The molecule has 23 heavy (non-hydrogen) atoms. The Kier molecular flexibility index (Phi) is 3.80. The monoisotopic (exact) mass is 308 g/mol. The summed E-state index contributed by atoms with van der Waals surface area (Å²) in [5.74, 6) is -0.738. The van der Waals surface area contributed by atoms with E-state index in [9.17, 15) is 9.59 Å². The lowest BCUT2D eigenvalue weighted by Crippen LogP contribution is -2.41. The predicted octanol–water partition coefficient (Wildman–Crippen LogP) is 2.25. The van der Waals surface area contributed by atoms with E-state index in [1.165, 1.54) is 0 Å². The van der Waals surface area contributed by atoms with Crippen molar-refractivity contribution >= 4 is 22.8 Å². The molecule has 2 amide bonds. The number of H-pyrrole nitrogens is 1. The third-order valence-electron chi connectivity index (χ3n) is 3.60. The van der Waals surface area contributed by atoms with Gasteiger partial charge in [0.1, 0.15) is 0 Å². The summed E-state index contributed by atoms with van der Waals surface area (Å²) in [6.07, 6.45) is 1.56. The first-order valence-corrected chi connectivity index (χ1v) is 7.15. The second-order valence-corrected chi connectivity index (χ2v) is 5.36. The molecule has 3 rings (SSSR count). The summed E-state index contributed by atoms with van der Waals surface area (Å²) >= 11 is 0. The highest BCUT2D eigenvalue weighted by Gasteiger charge is 2.12. The summed E-state index contributed by atoms with van der Waals surface area (Å²) in [6.45, 7) is 3.82. The summed E-state index contributed by atoms with van der Waals surface area (Å²) in [4.78, 5) is 31.3. The van der Waals surface area contributed by atoms with Crippen molar-refractivity contribution in [3.8, 4) is 0 Å². The van der Waals surface area contributed by atoms with E-state index < -0.39 is 0 Å². The minimum atomic E-state index is -0.389. The molecule has 0 aliphatic heterocycles. The molecule has 0 spiro atoms. The number of fused-ring (bicyclic) bond motifs is 1. The van der Waals surface area contributed by atoms with Crippen molar-refractivity contribution in [3.63, 3.8) is 0 Å². The molecule has 0 saturated carbocycles. The van der Waals surface area contributed by atoms with Gasteiger partial charge in [-0.2, -0.15) is 0 Å². The molecule has 6 nitrogen and oxygen atoms in total. The highest BCUT2D eigenvalue weighted by molar-refractivity contribution is 6.01. The second kappa shape index (κ2) is 5.92. The fourth-order valence-corrected chi connectivity index (χ4v) is 2.40. The Bertz CT molecular complexity index is 898. The van der Waals surface area contributed by atoms with Crippen LogP contribution in [0.5, 0.6) is 0 Å². The standard InChI is InChI=1S/C17H16N4O2/c1-10-3-5-13(11(2)7-10)17(23)21-20-16(22)12-4-6-14-15(8-12)19-9-18-14/h3-9H,1-2H3,(H,18,19)(H,20,22)(H,21,23). The third-order valence-corrected chi connectivity index (χ3v) is 3.60. The molecule has 0 fully saturated rings. The van der Waals surface area contributed by atoms with E-state index in [0.29, 0.717) is 11.1 Å². The van der Waals surface area contributed by atoms with Crippen LogP contribution in [0.2, 0.25) is 0 Å². The maximum Gasteiger partial charge on any atom is 0.269 e. The van der Waals surface area contributed by atoms with Crippen molar-refractivity contribution in [1.29, 1.82) is 0 Å². The number of nitrogens with zero attached hydrogens (tertiary/aromatic N) is 1. The molecule has 2 aromatic carbocycles. The van der Waals surface area contributed by atoms with Gasteiger partial charge in [-0.3, -0.25) is 20.4 Å². The summed E-state index contributed by atoms with van der Waals surface area (Å²) in [6, 6.07) is 10.6. The molecule has 116 valence electrons. The number of aryl methyl sites for hydroxylation is 2. The number of nitrogens with one attached hydrogen (secondary N) is 3. The van der Waals surface area contributed by atoms with E-state index in [4.69, 9.17) is 0 Å². The van der Waals surface area contributed by atoms with E-state index >= 15 is 0 Å². The summed E-state index contributed by atoms with van der Waals surface area (Å²) in [5, 5.41) is 0. The van der Waals surface area contributed by atoms with Gasteiger partial charge in [-0.1, -0.05) is 17.7 Å². The number of aromatic nitrogens is 2. The number of carbonyl (C=O) groups excluding carboxylic acids is 2. The predicted molar refractivity (Wildman–Crippen MR) is 86.9 cm³/mol. The van der Waals surface area contributed by atoms with Crippen molar-refractivity contribution in [2.75, 3.05) is 0 Å². The Morgan fingerprint density at radius 1 is 1.00 bits per heavy atom. The average Bonchev–Trinajstić information content (AvgIpc) is 2.99. The summed E-state index contributed by atoms with van der Waals surface area (Å²) < 4.78 is 0. The number of hydrogen-bond donors (Lipinski definition) is 3. The van der Waals surface area contributed by atoms with E-state index in [-0.39, 0.29) is 11.8 Å². The molecule has 1 aromatic heterocycles. The first kappa shape index (κ1) is 14.8. The Balaban J connectivity index is 1.69. The van der Waals surface area contributed by atoms with Gasteiger partial charge in [0.25, 0.3) is 11.8 Å². The van der Waals surface area contributed by atoms with E-state index in [1.54, 1.807) is 30.6 Å². The van der Waals surface area contributed by atoms with Crippen molar-refractivity contribution in [1.82, 2.24) is 20.8 Å². The highest BCUT2D eigenvalue weighted by Crippen LogP contribution is 2.12. The quantitative estimate of drug-likeness (QED) is 0.635. The van der Waals surface area contributed by atoms with Gasteiger partial charge in [-0.15, -0.1) is 0 Å². The molecule has 0 radical (unpaired) electrons. The fraction of sp³-hybridized carbons (Fsp3) is 0.118. The van der Waals surface area contributed by atoms with Crippen LogP contribution in [0.4, 0.5) is 0 Å². The van der Waals surface area contributed by atoms with Gasteiger partial charge in [-0.05, 0) is 43.7 Å². The van der Waals surface area contributed by atoms with Crippen LogP contribution in [-0.4, -0.2) is 21.8 Å². The number of benzene rings is 2. The van der Waals surface area contributed by atoms with Crippen molar-refractivity contribution in [2.24, 2.45) is 0 Å². The topological polar surface area (TPSA) is 86.9 Å². The van der Waals surface area contributed by atoms with Crippen LogP contribution in [0.25, 0.3) is 11.0 Å². The molecule has 0 atom stereocenters. The molecule has 1 heterocycles. The van der Waals surface area contributed by atoms with E-state index in [2.05, 4.69) is 20.8 Å². The lowest BCUT2D eigenvalue weighted by molar-refractivity contribution is 0.0846. The number of hydrazine groups is 1. The Labute approximate surface area is 132 Å². The van der Waals surface area contributed by atoms with Gasteiger partial charge in [-0.25, -0.2) is 4.98 Å². The van der Waals surface area contributed by atoms with Gasteiger partial charge >= 0.3 is 0 Å². The maximum absolute atomic E-state index is 12.1. The maximum atomic E-state index is 12.1. The number of hydrogen-bond acceptors (Lipinski definition) is 3. The first-order chi connectivity index (χ1) is 11.0. The van der Waals surface area contributed by atoms with E-state index in [0.717, 1.165) is 22.2 Å². The molecular weight excluding hydrogens is 292 g/mol. The molecule has 3 aromatic rings. The van der Waals surface area contributed by atoms with Gasteiger partial charge in [0, 0.05) is 11.1 Å². The zero-order valence-electron chi connectivity index (χ0n) is 12.8. The van der Waals surface area contributed by atoms with Gasteiger partial charge < -0.3 is 4.98 Å². The van der Waals surface area contributed by atoms with Gasteiger partial charge in [0.2, 0.25) is 0 Å². The molecule has 3 N–H and O–H groups in total. The number of aromatic amines is 1. The number of carbonyl (C=O) groups is 2. The van der Waals surface area contributed by atoms with Crippen LogP contribution in [-0.2, 0) is 0 Å². The summed E-state index contributed by atoms with van der Waals surface area (Å²) in [5.41, 5.74) is 9.30. The van der Waals surface area contributed by atoms with Crippen molar-refractivity contribution < 1.29 is 9.59 Å². The largest absolute Gasteiger partial charge is 0.345 e. The van der Waals surface area contributed by atoms with Gasteiger partial charge in [0.05, 0.1) is 17.4 Å². The van der Waals surface area contributed by atoms with Crippen LogP contribution in [0, 0.1) is 13.8 Å². The van der Waals surface area contributed by atoms with Crippen LogP contribution < -0.4 is 10.9 Å². The minimum Gasteiger partial charge on any atom is -0.345 e. The van der Waals surface area contributed by atoms with Crippen LogP contribution in [0.3, 0.4) is 0 Å². The minimum absolute atomic E-state index is 0.349. The first-order valence-electron chi connectivity index (χ1n) is 7.15. The van der Waals surface area contributed by atoms with Crippen LogP contribution in [0.1, 0.15) is 31.8 Å². The van der Waals surface area contributed by atoms with Gasteiger partial charge in [0.15, 0.2) is 0 Å². The Hall–Kier alpha value is -3.15. The number of rotatable bonds is 2. The number of amides is 2. The summed E-state index contributed by atoms with van der Waals surface area (Å²) in [7, 11) is 0. The Morgan fingerprint density at radius 3 is 2.57 bits per heavy atom. The average molecular weight is 308 g/mol. The zero-order chi connectivity index (χ0) is 16.4. The molecular formula is C17H16N4O2. The van der Waals surface area contributed by atoms with Crippen LogP contribution in [0.15, 0.2) is 42.7 Å². The molecule has 6 heteroatoms. The van der Waals surface area contributed by atoms with Crippen molar-refractivity contribution in [3.05, 3.63) is 65.0 Å². The SMILES string of the molecule is Cc1ccc(C(=O)NNC(=O)c2ccc3nc[nH]c3c2)c(C)c1. The van der Waals surface area contributed by atoms with Crippen molar-refractivity contribution in [2.45, 2.75) is 13.8 Å². The molecule has 0 aliphatic carbocycles.